The highest BCUT2D eigenvalue weighted by Crippen LogP contribution is 2.35. The van der Waals surface area contributed by atoms with Crippen LogP contribution >= 0.6 is 0 Å². The predicted molar refractivity (Wildman–Crippen MR) is 150 cm³/mol. The number of aryl methyl sites for hydroxylation is 1. The van der Waals surface area contributed by atoms with Crippen LogP contribution in [-0.2, 0) is 4.79 Å². The van der Waals surface area contributed by atoms with Gasteiger partial charge in [-0.15, -0.1) is 0 Å². The lowest BCUT2D eigenvalue weighted by Crippen LogP contribution is -2.49. The molecule has 1 N–H and O–H groups in total. The van der Waals surface area contributed by atoms with Crippen molar-refractivity contribution in [2.45, 2.75) is 19.0 Å². The summed E-state index contributed by atoms with van der Waals surface area (Å²) in [5, 5.41) is 11.9. The minimum atomic E-state index is -0.735. The Morgan fingerprint density at radius 2 is 1.85 bits per heavy atom. The summed E-state index contributed by atoms with van der Waals surface area (Å²) in [6, 6.07) is 11.6. The van der Waals surface area contributed by atoms with E-state index < -0.39 is 6.17 Å². The zero-order valence-electron chi connectivity index (χ0n) is 22.4. The fourth-order valence-electron chi connectivity index (χ4n) is 5.28. The van der Waals surface area contributed by atoms with Gasteiger partial charge < -0.3 is 15.0 Å². The number of carbonyl (C=O) groups excluding carboxylic acids is 1. The summed E-state index contributed by atoms with van der Waals surface area (Å²) in [5.74, 6) is 2.28. The quantitative estimate of drug-likeness (QED) is 0.290. The number of benzene rings is 1. The molecule has 2 fully saturated rings. The first-order chi connectivity index (χ1) is 20.0. The number of alkyl halides is 1. The van der Waals surface area contributed by atoms with Gasteiger partial charge >= 0.3 is 0 Å². The fourth-order valence-corrected chi connectivity index (χ4v) is 5.28. The van der Waals surface area contributed by atoms with Crippen molar-refractivity contribution in [2.24, 2.45) is 0 Å². The molecule has 0 spiro atoms. The zero-order valence-corrected chi connectivity index (χ0v) is 22.4. The van der Waals surface area contributed by atoms with E-state index in [0.717, 1.165) is 28.1 Å². The lowest BCUT2D eigenvalue weighted by atomic mass is 9.92. The van der Waals surface area contributed by atoms with Gasteiger partial charge in [0, 0.05) is 68.9 Å². The minimum Gasteiger partial charge on any atom is -0.457 e. The second kappa shape index (κ2) is 10.3. The normalized spacial score (nSPS) is 16.4. The first-order valence-corrected chi connectivity index (χ1v) is 13.5. The van der Waals surface area contributed by atoms with Crippen molar-refractivity contribution in [3.8, 4) is 11.5 Å². The number of fused-ring (bicyclic) bond motifs is 2. The van der Waals surface area contributed by atoms with E-state index in [1.807, 2.05) is 76.1 Å². The van der Waals surface area contributed by atoms with Crippen LogP contribution < -0.4 is 10.1 Å². The van der Waals surface area contributed by atoms with Crippen molar-refractivity contribution in [3.05, 3.63) is 84.7 Å². The number of pyridine rings is 1. The van der Waals surface area contributed by atoms with Crippen molar-refractivity contribution in [1.82, 2.24) is 39.0 Å². The highest BCUT2D eigenvalue weighted by atomic mass is 19.1. The first kappa shape index (κ1) is 25.1. The molecular weight excluding hydrogens is 525 g/mol. The molecule has 0 radical (unpaired) electrons. The number of nitrogens with one attached hydrogen (secondary N) is 1. The van der Waals surface area contributed by atoms with Crippen LogP contribution in [0.15, 0.2) is 73.6 Å². The second-order valence-electron chi connectivity index (χ2n) is 10.5. The van der Waals surface area contributed by atoms with E-state index in [1.54, 1.807) is 10.6 Å². The van der Waals surface area contributed by atoms with Gasteiger partial charge in [-0.1, -0.05) is 6.08 Å². The van der Waals surface area contributed by atoms with Gasteiger partial charge in [0.25, 0.3) is 0 Å². The summed E-state index contributed by atoms with van der Waals surface area (Å²) < 4.78 is 22.6. The van der Waals surface area contributed by atoms with E-state index in [1.165, 1.54) is 12.7 Å². The van der Waals surface area contributed by atoms with Crippen LogP contribution in [0, 0.1) is 6.92 Å². The van der Waals surface area contributed by atoms with Gasteiger partial charge in [-0.05, 0) is 48.4 Å². The molecule has 7 rings (SSSR count). The Morgan fingerprint density at radius 1 is 1.05 bits per heavy atom. The van der Waals surface area contributed by atoms with E-state index in [4.69, 9.17) is 4.74 Å². The average molecular weight is 554 g/mol. The van der Waals surface area contributed by atoms with E-state index in [2.05, 4.69) is 25.5 Å². The molecular formula is C29H28FN9O2. The number of halogens is 1. The molecule has 0 unspecified atom stereocenters. The van der Waals surface area contributed by atoms with Gasteiger partial charge in [0.1, 0.15) is 35.8 Å². The molecule has 208 valence electrons. The van der Waals surface area contributed by atoms with Crippen LogP contribution in [0.5, 0.6) is 11.5 Å². The van der Waals surface area contributed by atoms with E-state index in [0.29, 0.717) is 49.9 Å². The van der Waals surface area contributed by atoms with E-state index in [9.17, 15) is 9.18 Å². The molecule has 2 saturated heterocycles. The lowest BCUT2D eigenvalue weighted by molar-refractivity contribution is -0.130. The molecule has 12 heteroatoms. The largest absolute Gasteiger partial charge is 0.457 e. The minimum absolute atomic E-state index is 0.0177. The summed E-state index contributed by atoms with van der Waals surface area (Å²) in [6.45, 7) is 4.74. The maximum atomic E-state index is 13.0. The Morgan fingerprint density at radius 3 is 2.68 bits per heavy atom. The Kier molecular flexibility index (Phi) is 6.31. The van der Waals surface area contributed by atoms with Crippen molar-refractivity contribution in [2.75, 3.05) is 38.0 Å². The topological polar surface area (TPSA) is 105 Å². The monoisotopic (exact) mass is 553 g/mol. The Balaban J connectivity index is 1.03. The molecule has 0 saturated carbocycles. The van der Waals surface area contributed by atoms with Gasteiger partial charge in [0.15, 0.2) is 11.5 Å². The molecule has 2 aliphatic rings. The van der Waals surface area contributed by atoms with Crippen molar-refractivity contribution in [1.29, 1.82) is 0 Å². The SMILES string of the molecule is Cc1cc(Nc2ncnn3ccc(C4CN(C(=O)/C=C/CN5CC(F)C5)C4)c23)ccc1Oc1ccn2ncnc2c1. The second-order valence-corrected chi connectivity index (χ2v) is 10.5. The lowest BCUT2D eigenvalue weighted by Gasteiger charge is -2.39. The Hall–Kier alpha value is -4.84. The maximum Gasteiger partial charge on any atom is 0.246 e. The zero-order chi connectivity index (χ0) is 27.9. The highest BCUT2D eigenvalue weighted by Gasteiger charge is 2.33. The number of carbonyl (C=O) groups is 1. The third-order valence-corrected chi connectivity index (χ3v) is 7.57. The Labute approximate surface area is 234 Å². The molecule has 0 atom stereocenters. The highest BCUT2D eigenvalue weighted by molar-refractivity contribution is 5.88. The first-order valence-electron chi connectivity index (χ1n) is 13.5. The molecule has 6 heterocycles. The molecule has 0 aliphatic carbocycles. The van der Waals surface area contributed by atoms with E-state index >= 15 is 0 Å². The van der Waals surface area contributed by atoms with Gasteiger partial charge in [-0.2, -0.15) is 10.2 Å². The summed E-state index contributed by atoms with van der Waals surface area (Å²) in [5.41, 5.74) is 4.52. The average Bonchev–Trinajstić information content (AvgIpc) is 3.56. The molecule has 5 aromatic rings. The summed E-state index contributed by atoms with van der Waals surface area (Å²) in [4.78, 5) is 25.1. The van der Waals surface area contributed by atoms with Crippen LogP contribution in [0.1, 0.15) is 17.0 Å². The number of rotatable bonds is 8. The molecule has 11 nitrogen and oxygen atoms in total. The van der Waals surface area contributed by atoms with Gasteiger partial charge in [-0.25, -0.2) is 23.4 Å². The molecule has 41 heavy (non-hydrogen) atoms. The number of amides is 1. The molecule has 2 aliphatic heterocycles. The predicted octanol–water partition coefficient (Wildman–Crippen LogP) is 3.75. The molecule has 1 aromatic carbocycles. The maximum absolute atomic E-state index is 13.0. The van der Waals surface area contributed by atoms with Gasteiger partial charge in [-0.3, -0.25) is 9.69 Å². The molecule has 0 bridgehead atoms. The standard InChI is InChI=1S/C29H28FN9O2/c1-19-11-22(4-5-25(19)41-23-6-9-38-26(12-23)31-17-33-38)35-29-28-24(7-10-39(28)34-18-32-29)20-13-37(14-20)27(40)3-2-8-36-15-21(30)16-36/h2-7,9-12,17-18,20-21H,8,13-16H2,1H3,(H,32,34,35)/b3-2+. The van der Waals surface area contributed by atoms with Crippen LogP contribution in [0.3, 0.4) is 0 Å². The number of likely N-dealkylation sites (tertiary alicyclic amines) is 2. The van der Waals surface area contributed by atoms with Crippen molar-refractivity contribution in [3.63, 3.8) is 0 Å². The van der Waals surface area contributed by atoms with Crippen LogP contribution in [0.25, 0.3) is 11.2 Å². The number of hydrogen-bond donors (Lipinski definition) is 1. The molecule has 1 amide bonds. The van der Waals surface area contributed by atoms with Crippen LogP contribution in [0.4, 0.5) is 15.9 Å². The van der Waals surface area contributed by atoms with Gasteiger partial charge in [0.05, 0.1) is 0 Å². The fraction of sp³-hybridized carbons (Fsp3) is 0.276. The number of aromatic nitrogens is 6. The number of ether oxygens (including phenoxy) is 1. The summed E-state index contributed by atoms with van der Waals surface area (Å²) >= 11 is 0. The van der Waals surface area contributed by atoms with Gasteiger partial charge in [0.2, 0.25) is 5.91 Å². The van der Waals surface area contributed by atoms with Crippen molar-refractivity contribution >= 4 is 28.6 Å². The van der Waals surface area contributed by atoms with Crippen LogP contribution in [0.2, 0.25) is 0 Å². The Bertz CT molecular complexity index is 1770. The third-order valence-electron chi connectivity index (χ3n) is 7.57. The van der Waals surface area contributed by atoms with Crippen molar-refractivity contribution < 1.29 is 13.9 Å². The molecule has 4 aromatic heterocycles. The van der Waals surface area contributed by atoms with E-state index in [-0.39, 0.29) is 11.8 Å². The number of nitrogens with zero attached hydrogens (tertiary/aromatic N) is 8. The smallest absolute Gasteiger partial charge is 0.246 e. The summed E-state index contributed by atoms with van der Waals surface area (Å²) in [7, 11) is 0. The summed E-state index contributed by atoms with van der Waals surface area (Å²) in [6.07, 6.45) is 9.43. The number of hydrogen-bond acceptors (Lipinski definition) is 8. The number of anilines is 2. The van der Waals surface area contributed by atoms with Crippen LogP contribution in [-0.4, -0.2) is 83.8 Å². The third kappa shape index (κ3) is 4.97.